The molecule has 0 bridgehead atoms. The van der Waals surface area contributed by atoms with Crippen LogP contribution in [0, 0.1) is 6.92 Å². The number of rotatable bonds is 3. The number of hydrogen-bond donors (Lipinski definition) is 2. The molecule has 0 saturated heterocycles. The number of fused-ring (bicyclic) bond motifs is 2. The number of aromatic nitrogens is 2. The van der Waals surface area contributed by atoms with Crippen LogP contribution in [0.1, 0.15) is 16.1 Å². The number of carbonyl (C=O) groups excluding carboxylic acids is 1. The molecule has 0 aliphatic heterocycles. The van der Waals surface area contributed by atoms with Crippen LogP contribution in [-0.4, -0.2) is 15.9 Å². The molecule has 5 aromatic rings. The van der Waals surface area contributed by atoms with Gasteiger partial charge in [-0.2, -0.15) is 0 Å². The maximum atomic E-state index is 12.4. The predicted molar refractivity (Wildman–Crippen MR) is 114 cm³/mol. The van der Waals surface area contributed by atoms with Crippen LogP contribution in [0.15, 0.2) is 60.0 Å². The Kier molecular flexibility index (Phi) is 3.81. The quantitative estimate of drug-likeness (QED) is 0.394. The number of nitrogens with zero attached hydrogens (tertiary/aromatic N) is 1. The van der Waals surface area contributed by atoms with Crippen LogP contribution in [-0.2, 0) is 0 Å². The zero-order valence-electron chi connectivity index (χ0n) is 14.4. The lowest BCUT2D eigenvalue weighted by molar-refractivity contribution is 0.102. The predicted octanol–water partition coefficient (Wildman–Crippen LogP) is 6.07. The summed E-state index contributed by atoms with van der Waals surface area (Å²) >= 11 is 3.30. The average Bonchev–Trinajstić information content (AvgIpc) is 3.36. The first-order valence-corrected chi connectivity index (χ1v) is 10.2. The van der Waals surface area contributed by atoms with Crippen molar-refractivity contribution in [2.75, 3.05) is 5.32 Å². The van der Waals surface area contributed by atoms with Crippen LogP contribution < -0.4 is 5.32 Å². The first kappa shape index (κ1) is 16.2. The highest BCUT2D eigenvalue weighted by Gasteiger charge is 2.11. The molecule has 2 aromatic carbocycles. The van der Waals surface area contributed by atoms with E-state index in [0.29, 0.717) is 5.69 Å². The molecule has 4 nitrogen and oxygen atoms in total. The minimum Gasteiger partial charge on any atom is -0.350 e. The third kappa shape index (κ3) is 3.03. The van der Waals surface area contributed by atoms with Gasteiger partial charge in [-0.25, -0.2) is 4.98 Å². The fraction of sp³-hybridized carbons (Fsp3) is 0.0476. The molecule has 2 N–H and O–H groups in total. The van der Waals surface area contributed by atoms with E-state index in [9.17, 15) is 4.79 Å². The van der Waals surface area contributed by atoms with Crippen LogP contribution in [0.25, 0.3) is 31.0 Å². The van der Waals surface area contributed by atoms with Crippen LogP contribution in [0.3, 0.4) is 0 Å². The zero-order chi connectivity index (χ0) is 18.4. The van der Waals surface area contributed by atoms with Gasteiger partial charge in [0, 0.05) is 11.3 Å². The highest BCUT2D eigenvalue weighted by Crippen LogP contribution is 2.31. The van der Waals surface area contributed by atoms with E-state index in [0.717, 1.165) is 32.0 Å². The number of thiophene rings is 1. The van der Waals surface area contributed by atoms with Crippen LogP contribution >= 0.6 is 22.7 Å². The zero-order valence-corrected chi connectivity index (χ0v) is 16.1. The summed E-state index contributed by atoms with van der Waals surface area (Å²) in [6, 6.07) is 18.0. The lowest BCUT2D eigenvalue weighted by atomic mass is 10.2. The molecule has 0 radical (unpaired) electrons. The number of aromatic amines is 1. The number of H-pyrrole nitrogens is 1. The maximum Gasteiger partial charge on any atom is 0.272 e. The Bertz CT molecular complexity index is 1250. The molecule has 0 spiro atoms. The summed E-state index contributed by atoms with van der Waals surface area (Å²) in [6.45, 7) is 2.09. The fourth-order valence-corrected chi connectivity index (χ4v) is 4.87. The van der Waals surface area contributed by atoms with Gasteiger partial charge in [-0.1, -0.05) is 6.07 Å². The van der Waals surface area contributed by atoms with Gasteiger partial charge in [-0.3, -0.25) is 4.79 Å². The summed E-state index contributed by atoms with van der Waals surface area (Å²) in [5, 5.41) is 5.93. The number of nitrogens with one attached hydrogen (secondary N) is 2. The Morgan fingerprint density at radius 2 is 1.89 bits per heavy atom. The summed E-state index contributed by atoms with van der Waals surface area (Å²) in [6.07, 6.45) is 0. The third-order valence-electron chi connectivity index (χ3n) is 4.42. The normalized spacial score (nSPS) is 11.3. The van der Waals surface area contributed by atoms with Crippen molar-refractivity contribution in [2.24, 2.45) is 0 Å². The highest BCUT2D eigenvalue weighted by atomic mass is 32.1. The van der Waals surface area contributed by atoms with Crippen molar-refractivity contribution < 1.29 is 4.79 Å². The Labute approximate surface area is 163 Å². The summed E-state index contributed by atoms with van der Waals surface area (Å²) in [5.41, 5.74) is 5.63. The summed E-state index contributed by atoms with van der Waals surface area (Å²) in [7, 11) is 0. The Balaban J connectivity index is 1.37. The monoisotopic (exact) mass is 389 g/mol. The summed E-state index contributed by atoms with van der Waals surface area (Å²) < 4.78 is 2.27. The van der Waals surface area contributed by atoms with Gasteiger partial charge >= 0.3 is 0 Å². The Hall–Kier alpha value is -2.96. The average molecular weight is 390 g/mol. The van der Waals surface area contributed by atoms with Crippen LogP contribution in [0.5, 0.6) is 0 Å². The number of thiazole rings is 1. The molecule has 0 aliphatic carbocycles. The van der Waals surface area contributed by atoms with Gasteiger partial charge < -0.3 is 10.3 Å². The number of carbonyl (C=O) groups is 1. The van der Waals surface area contributed by atoms with E-state index < -0.39 is 0 Å². The van der Waals surface area contributed by atoms with Crippen molar-refractivity contribution in [1.29, 1.82) is 0 Å². The van der Waals surface area contributed by atoms with Crippen molar-refractivity contribution in [2.45, 2.75) is 6.92 Å². The Morgan fingerprint density at radius 3 is 2.70 bits per heavy atom. The standard InChI is InChI=1S/C21H15N3OS2/c1-12-2-7-15-19(10-12)27-21(24-15)13-3-5-14(6-4-13)22-20(25)17-11-18-16(23-17)8-9-26-18/h2-11,23H,1H3,(H,22,25). The second-order valence-corrected chi connectivity index (χ2v) is 8.38. The van der Waals surface area contributed by atoms with E-state index in [1.54, 1.807) is 22.7 Å². The molecular weight excluding hydrogens is 374 g/mol. The van der Waals surface area contributed by atoms with E-state index in [1.807, 2.05) is 41.8 Å². The molecule has 0 saturated carbocycles. The molecule has 27 heavy (non-hydrogen) atoms. The number of benzene rings is 2. The van der Waals surface area contributed by atoms with Crippen LogP contribution in [0.2, 0.25) is 0 Å². The molecule has 0 aliphatic rings. The second-order valence-electron chi connectivity index (χ2n) is 6.40. The van der Waals surface area contributed by atoms with E-state index >= 15 is 0 Å². The van der Waals surface area contributed by atoms with Gasteiger partial charge in [-0.05, 0) is 66.4 Å². The lowest BCUT2D eigenvalue weighted by Gasteiger charge is -2.04. The first-order valence-electron chi connectivity index (χ1n) is 8.51. The van der Waals surface area contributed by atoms with Gasteiger partial charge in [0.1, 0.15) is 10.7 Å². The van der Waals surface area contributed by atoms with Gasteiger partial charge in [0.25, 0.3) is 5.91 Å². The molecule has 0 atom stereocenters. The lowest BCUT2D eigenvalue weighted by Crippen LogP contribution is -2.12. The third-order valence-corrected chi connectivity index (χ3v) is 6.35. The van der Waals surface area contributed by atoms with Gasteiger partial charge in [0.2, 0.25) is 0 Å². The smallest absolute Gasteiger partial charge is 0.272 e. The van der Waals surface area contributed by atoms with Crippen molar-refractivity contribution in [3.63, 3.8) is 0 Å². The molecule has 1 amide bonds. The summed E-state index contributed by atoms with van der Waals surface area (Å²) in [4.78, 5) is 20.3. The summed E-state index contributed by atoms with van der Waals surface area (Å²) in [5.74, 6) is -0.137. The van der Waals surface area contributed by atoms with Crippen LogP contribution in [0.4, 0.5) is 5.69 Å². The van der Waals surface area contributed by atoms with E-state index in [2.05, 4.69) is 35.4 Å². The number of hydrogen-bond acceptors (Lipinski definition) is 4. The van der Waals surface area contributed by atoms with E-state index in [4.69, 9.17) is 4.98 Å². The molecule has 6 heteroatoms. The first-order chi connectivity index (χ1) is 13.2. The van der Waals surface area contributed by atoms with Gasteiger partial charge in [-0.15, -0.1) is 22.7 Å². The fourth-order valence-electron chi connectivity index (χ4n) is 3.02. The van der Waals surface area contributed by atoms with Gasteiger partial charge in [0.05, 0.1) is 20.4 Å². The minimum atomic E-state index is -0.137. The van der Waals surface area contributed by atoms with E-state index in [1.165, 1.54) is 10.3 Å². The molecular formula is C21H15N3OS2. The van der Waals surface area contributed by atoms with Crippen molar-refractivity contribution in [3.8, 4) is 10.6 Å². The number of anilines is 1. The van der Waals surface area contributed by atoms with E-state index in [-0.39, 0.29) is 5.91 Å². The maximum absolute atomic E-state index is 12.4. The Morgan fingerprint density at radius 1 is 1.04 bits per heavy atom. The topological polar surface area (TPSA) is 57.8 Å². The van der Waals surface area contributed by atoms with Crippen molar-refractivity contribution in [1.82, 2.24) is 9.97 Å². The molecule has 0 unspecified atom stereocenters. The molecule has 0 fully saturated rings. The molecule has 132 valence electrons. The second kappa shape index (κ2) is 6.33. The minimum absolute atomic E-state index is 0.137. The molecule has 3 aromatic heterocycles. The molecule has 3 heterocycles. The van der Waals surface area contributed by atoms with Crippen molar-refractivity contribution >= 4 is 54.7 Å². The number of amides is 1. The largest absolute Gasteiger partial charge is 0.350 e. The SMILES string of the molecule is Cc1ccc2nc(-c3ccc(NC(=O)c4cc5sccc5[nH]4)cc3)sc2c1. The number of aryl methyl sites for hydroxylation is 1. The highest BCUT2D eigenvalue weighted by molar-refractivity contribution is 7.21. The molecule has 5 rings (SSSR count). The van der Waals surface area contributed by atoms with Crippen molar-refractivity contribution in [3.05, 3.63) is 71.2 Å². The van der Waals surface area contributed by atoms with Gasteiger partial charge in [0.15, 0.2) is 0 Å².